The first-order valence-corrected chi connectivity index (χ1v) is 292. The molecule has 0 amide bonds. The monoisotopic (exact) mass is 1950 g/mol. The topological polar surface area (TPSA) is 0 Å². The summed E-state index contributed by atoms with van der Waals surface area (Å²) >= 11 is 0. The summed E-state index contributed by atoms with van der Waals surface area (Å²) in [5.41, 5.74) is 0. The van der Waals surface area contributed by atoms with E-state index < -0.39 is 0 Å². The molecule has 0 spiro atoms. The lowest BCUT2D eigenvalue weighted by atomic mass is 26.1. The highest BCUT2D eigenvalue weighted by molar-refractivity contribution is 7.81. The molecule has 0 aromatic heterocycles. The zero-order valence-electron chi connectivity index (χ0n) is 46.5. The average Bonchev–Trinajstić information content (AvgIpc) is 3.32. The van der Waals surface area contributed by atoms with Crippen molar-refractivity contribution < 1.29 is 0 Å². The molecule has 0 fully saturated rings. The van der Waals surface area contributed by atoms with E-state index >= 15 is 0 Å². The predicted molar refractivity (Wildman–Crippen MR) is 558 cm³/mol. The minimum absolute atomic E-state index is 0.819. The molecule has 0 aliphatic rings. The SMILES string of the molecule is [SiH3][SiH2][SiH2][SiH2][SiH2][SiH2][SiH2][SiH2][SiH2][SiH2][SiH2][SiH2][SiH2][SiH2][SiH2][SiH2][SiH2][SiH2][SiH2][SiH2][SiH2][SiH2][SiH2][SiH2][SiH2][SiH2][SiH2][SiH2][SiH2][SiH2][SiH2][SiH2][SiH2][SiH2][SiH2][SiH2][SiH2][SiH2][SiH2][SiH2][SiH2][SiH2][SiH2][SiH2][SiH2][SiH2][SiH2][SiH2][SiH2][SiH2][SiH2][SiH2][SiH2][SiH2][SiH2][SiH2][SiH2][SiH2][SiH2][SiH2][SiH2][SiH2][SiH2][SiH2][SiH3]. The lowest BCUT2D eigenvalue weighted by Crippen LogP contribution is -2.38. The second-order valence-corrected chi connectivity index (χ2v) is 609. The van der Waals surface area contributed by atoms with E-state index in [1.54, 1.807) is 19.5 Å². The van der Waals surface area contributed by atoms with Gasteiger partial charge in [-0.2, -0.15) is 0 Å². The summed E-state index contributed by atoms with van der Waals surface area (Å²) in [6.45, 7) is 0. The standard InChI is InChI=1S/H132Si65/c1-3-5-7-9-11-13-15-17-19-21-23-25-27-29-31-33-35-37-39-41-43-45-47-49-51-53-55-57-59-61-63-65-64-62-60-58-56-54-52-50-48-46-44-42-40-38-36-34-32-30-28-26-24-22-20-18-16-14-12-10-8-6-4-2/h3-65H2,1-2H3. The van der Waals surface area contributed by atoms with E-state index in [-0.39, 0.29) is 0 Å². The van der Waals surface area contributed by atoms with E-state index in [1.165, 1.54) is 0 Å². The smallest absolute Gasteiger partial charge is 0.00934 e. The lowest BCUT2D eigenvalue weighted by Gasteiger charge is -2.01. The Morgan fingerprint density at radius 2 is 0.123 bits per heavy atom. The molecule has 0 radical (unpaired) electrons. The summed E-state index contributed by atoms with van der Waals surface area (Å²) in [4.78, 5) is 0. The zero-order valence-corrected chi connectivity index (χ0v) is 140. The maximum atomic E-state index is 1.76. The second kappa shape index (κ2) is 78.1. The Morgan fingerprint density at radius 3 is 0.169 bits per heavy atom. The minimum Gasteiger partial charge on any atom is -0.0120 e. The maximum absolute atomic E-state index is 1.76. The van der Waals surface area contributed by atoms with Crippen molar-refractivity contribution in [3.8, 4) is 0 Å². The van der Waals surface area contributed by atoms with Gasteiger partial charge in [-0.3, -0.25) is 0 Å². The Hall–Kier alpha value is 14.1. The van der Waals surface area contributed by atoms with Crippen LogP contribution >= 0.6 is 0 Å². The van der Waals surface area contributed by atoms with E-state index in [1.807, 2.05) is 0 Å². The van der Waals surface area contributed by atoms with Crippen LogP contribution in [0.25, 0.3) is 0 Å². The first kappa shape index (κ1) is 79.1. The summed E-state index contributed by atoms with van der Waals surface area (Å²) < 4.78 is 0. The highest BCUT2D eigenvalue weighted by Gasteiger charge is 2.05. The summed E-state index contributed by atoms with van der Waals surface area (Å²) in [5.74, 6) is 0. The van der Waals surface area contributed by atoms with Crippen molar-refractivity contribution >= 4 is 558 Å². The van der Waals surface area contributed by atoms with Gasteiger partial charge in [-0.25, -0.2) is 0 Å². The molecule has 0 unspecified atom stereocenters. The molecular formula is H132Si65. The Bertz CT molecular complexity index is 691. The highest BCUT2D eigenvalue weighted by Crippen LogP contribution is 1.67. The lowest BCUT2D eigenvalue weighted by molar-refractivity contribution is 3.76. The van der Waals surface area contributed by atoms with Crippen molar-refractivity contribution in [2.24, 2.45) is 0 Å². The van der Waals surface area contributed by atoms with Crippen LogP contribution in [-0.2, 0) is 0 Å². The molecule has 0 rings (SSSR count). The number of rotatable bonds is 62. The van der Waals surface area contributed by atoms with Crippen LogP contribution in [0.15, 0.2) is 0 Å². The normalized spacial score (nSPS) is 23.4. The van der Waals surface area contributed by atoms with E-state index in [4.69, 9.17) is 0 Å². The van der Waals surface area contributed by atoms with Crippen LogP contribution < -0.4 is 0 Å². The molecule has 0 heterocycles. The van der Waals surface area contributed by atoms with Gasteiger partial charge in [-0.1, -0.05) is 0 Å². The fraction of sp³-hybridized carbons (Fsp3) is 0. The van der Waals surface area contributed by atoms with Gasteiger partial charge < -0.3 is 0 Å². The third-order valence-corrected chi connectivity index (χ3v) is 1270. The molecule has 0 aromatic rings. The molecule has 0 aliphatic heterocycles. The molecule has 0 nitrogen and oxygen atoms in total. The fourth-order valence-electron chi connectivity index (χ4n) is 10.9. The van der Waals surface area contributed by atoms with Crippen LogP contribution in [0.1, 0.15) is 0 Å². The molecular weight excluding hydrogens is 1830 g/mol. The Morgan fingerprint density at radius 1 is 0.0769 bits per heavy atom. The molecule has 0 saturated carbocycles. The Balaban J connectivity index is 3.06. The van der Waals surface area contributed by atoms with Crippen LogP contribution in [0.4, 0.5) is 0 Å². The number of hydrogen-bond donors (Lipinski definition) is 0. The van der Waals surface area contributed by atoms with Gasteiger partial charge in [0, 0.05) is 0 Å². The summed E-state index contributed by atoms with van der Waals surface area (Å²) in [5, 5.41) is 0. The van der Waals surface area contributed by atoms with Crippen LogP contribution in [-0.4, -0.2) is 558 Å². The molecule has 0 aliphatic carbocycles. The van der Waals surface area contributed by atoms with E-state index in [0.717, 1.165) is 539 Å². The van der Waals surface area contributed by atoms with Crippen LogP contribution in [0.2, 0.25) is 0 Å². The van der Waals surface area contributed by atoms with Gasteiger partial charge in [-0.15, -0.1) is 0 Å². The van der Waals surface area contributed by atoms with Gasteiger partial charge in [0.2, 0.25) is 0 Å². The zero-order chi connectivity index (χ0) is 46.5. The van der Waals surface area contributed by atoms with Crippen molar-refractivity contribution in [2.75, 3.05) is 0 Å². The van der Waals surface area contributed by atoms with Crippen molar-refractivity contribution in [3.05, 3.63) is 0 Å². The van der Waals surface area contributed by atoms with E-state index in [0.29, 0.717) is 0 Å². The highest BCUT2D eigenvalue weighted by atomic mass is 30.1. The Kier molecular flexibility index (Phi) is 95.0. The maximum Gasteiger partial charge on any atom is -0.00934 e. The molecule has 0 N–H and O–H groups in total. The van der Waals surface area contributed by atoms with E-state index in [2.05, 4.69) is 0 Å². The van der Waals surface area contributed by atoms with Crippen LogP contribution in [0.3, 0.4) is 0 Å². The molecule has 392 valence electrons. The van der Waals surface area contributed by atoms with E-state index in [9.17, 15) is 0 Å². The first-order chi connectivity index (χ1) is 32.4. The quantitative estimate of drug-likeness (QED) is 0.0421. The van der Waals surface area contributed by atoms with Gasteiger partial charge in [-0.05, 0) is 558 Å². The number of hydrogen-bond acceptors (Lipinski definition) is 0. The summed E-state index contributed by atoms with van der Waals surface area (Å²) in [7, 11) is 62.4. The minimum atomic E-state index is 0.819. The molecule has 0 aromatic carbocycles. The molecule has 0 bridgehead atoms. The van der Waals surface area contributed by atoms with Crippen LogP contribution in [0, 0.1) is 0 Å². The summed E-state index contributed by atoms with van der Waals surface area (Å²) in [6.07, 6.45) is 0. The largest absolute Gasteiger partial charge is 0.0120 e. The van der Waals surface area contributed by atoms with Crippen LogP contribution in [0.5, 0.6) is 0 Å². The molecule has 0 atom stereocenters. The third-order valence-electron chi connectivity index (χ3n) is 15.7. The molecule has 65 heavy (non-hydrogen) atoms. The Labute approximate surface area is 547 Å². The van der Waals surface area contributed by atoms with Gasteiger partial charge >= 0.3 is 0 Å². The van der Waals surface area contributed by atoms with Crippen molar-refractivity contribution in [2.45, 2.75) is 0 Å². The first-order valence-electron chi connectivity index (χ1n) is 32.4. The average molecular weight is 1960 g/mol. The van der Waals surface area contributed by atoms with Crippen molar-refractivity contribution in [3.63, 3.8) is 0 Å². The fourth-order valence-corrected chi connectivity index (χ4v) is 2660. The summed E-state index contributed by atoms with van der Waals surface area (Å²) in [6, 6.07) is 0. The van der Waals surface area contributed by atoms with Crippen molar-refractivity contribution in [1.29, 1.82) is 0 Å². The van der Waals surface area contributed by atoms with Crippen molar-refractivity contribution in [1.82, 2.24) is 0 Å². The second-order valence-electron chi connectivity index (χ2n) is 22.6. The van der Waals surface area contributed by atoms with Gasteiger partial charge in [0.15, 0.2) is 0 Å². The third kappa shape index (κ3) is 78.1. The van der Waals surface area contributed by atoms with Gasteiger partial charge in [0.05, 0.1) is 0 Å². The molecule has 65 heteroatoms. The van der Waals surface area contributed by atoms with Gasteiger partial charge in [0.25, 0.3) is 0 Å². The predicted octanol–water partition coefficient (Wildman–Crippen LogP) is -60.1. The van der Waals surface area contributed by atoms with Gasteiger partial charge in [0.1, 0.15) is 0 Å². The molecule has 0 saturated heterocycles.